The van der Waals surface area contributed by atoms with Gasteiger partial charge in [0.05, 0.1) is 5.69 Å². The van der Waals surface area contributed by atoms with Crippen LogP contribution in [0.3, 0.4) is 0 Å². The Kier molecular flexibility index (Phi) is 3.34. The van der Waals surface area contributed by atoms with Crippen LogP contribution in [0.25, 0.3) is 22.8 Å². The highest BCUT2D eigenvalue weighted by molar-refractivity contribution is 9.10. The molecule has 1 aromatic heterocycles. The van der Waals surface area contributed by atoms with Crippen LogP contribution >= 0.6 is 15.9 Å². The smallest absolute Gasteiger partial charge is 0.258 e. The third kappa shape index (κ3) is 2.59. The quantitative estimate of drug-likeness (QED) is 0.545. The molecule has 0 saturated carbocycles. The van der Waals surface area contributed by atoms with Gasteiger partial charge in [-0.3, -0.25) is 0 Å². The Morgan fingerprint density at radius 3 is 2.76 bits per heavy atom. The van der Waals surface area contributed by atoms with E-state index < -0.39 is 5.82 Å². The van der Waals surface area contributed by atoms with Gasteiger partial charge in [0.15, 0.2) is 0 Å². The van der Waals surface area contributed by atoms with E-state index in [-0.39, 0.29) is 23.2 Å². The molecule has 3 aromatic rings. The van der Waals surface area contributed by atoms with E-state index in [1.165, 1.54) is 24.3 Å². The third-order valence-electron chi connectivity index (χ3n) is 2.87. The number of halogens is 2. The zero-order valence-corrected chi connectivity index (χ0v) is 12.1. The van der Waals surface area contributed by atoms with E-state index in [1.807, 2.05) is 0 Å². The van der Waals surface area contributed by atoms with Gasteiger partial charge in [0.25, 0.3) is 5.89 Å². The first kappa shape index (κ1) is 13.6. The number of aromatic hydroxyl groups is 1. The minimum Gasteiger partial charge on any atom is -0.506 e. The molecule has 21 heavy (non-hydrogen) atoms. The minimum atomic E-state index is -0.398. The van der Waals surface area contributed by atoms with Crippen LogP contribution in [-0.4, -0.2) is 15.2 Å². The van der Waals surface area contributed by atoms with Crippen LogP contribution in [-0.2, 0) is 0 Å². The topological polar surface area (TPSA) is 85.2 Å². The minimum absolute atomic E-state index is 0.0702. The van der Waals surface area contributed by atoms with Crippen molar-refractivity contribution in [2.75, 3.05) is 5.73 Å². The monoisotopic (exact) mass is 349 g/mol. The van der Waals surface area contributed by atoms with Crippen molar-refractivity contribution in [1.82, 2.24) is 10.1 Å². The lowest BCUT2D eigenvalue weighted by Gasteiger charge is -1.99. The molecule has 0 unspecified atom stereocenters. The molecule has 1 heterocycles. The maximum atomic E-state index is 13.3. The molecule has 5 nitrogen and oxygen atoms in total. The summed E-state index contributed by atoms with van der Waals surface area (Å²) in [5, 5.41) is 13.4. The van der Waals surface area contributed by atoms with Gasteiger partial charge in [0.1, 0.15) is 11.6 Å². The predicted octanol–water partition coefficient (Wildman–Crippen LogP) is 3.59. The highest BCUT2D eigenvalue weighted by Crippen LogP contribution is 2.31. The number of rotatable bonds is 2. The number of anilines is 1. The number of benzene rings is 2. The molecule has 0 radical (unpaired) electrons. The number of phenols is 1. The molecule has 7 heteroatoms. The normalized spacial score (nSPS) is 10.8. The molecule has 0 aliphatic carbocycles. The van der Waals surface area contributed by atoms with Gasteiger partial charge >= 0.3 is 0 Å². The number of nitrogens with zero attached hydrogens (tertiary/aromatic N) is 2. The van der Waals surface area contributed by atoms with E-state index in [2.05, 4.69) is 26.1 Å². The molecule has 0 aliphatic rings. The summed E-state index contributed by atoms with van der Waals surface area (Å²) in [6, 6.07) is 8.80. The Labute approximate surface area is 127 Å². The second kappa shape index (κ2) is 5.17. The van der Waals surface area contributed by atoms with Crippen LogP contribution in [0.4, 0.5) is 10.1 Å². The summed E-state index contributed by atoms with van der Waals surface area (Å²) in [6.07, 6.45) is 0. The molecule has 3 rings (SSSR count). The van der Waals surface area contributed by atoms with E-state index in [1.54, 1.807) is 12.1 Å². The van der Waals surface area contributed by atoms with Gasteiger partial charge in [0.2, 0.25) is 5.82 Å². The van der Waals surface area contributed by atoms with Crippen LogP contribution < -0.4 is 5.73 Å². The maximum Gasteiger partial charge on any atom is 0.258 e. The molecule has 0 spiro atoms. The molecule has 2 aromatic carbocycles. The van der Waals surface area contributed by atoms with E-state index >= 15 is 0 Å². The summed E-state index contributed by atoms with van der Waals surface area (Å²) in [6.45, 7) is 0. The third-order valence-corrected chi connectivity index (χ3v) is 3.56. The Bertz CT molecular complexity index is 820. The highest BCUT2D eigenvalue weighted by Gasteiger charge is 2.14. The van der Waals surface area contributed by atoms with Crippen molar-refractivity contribution in [3.63, 3.8) is 0 Å². The average Bonchev–Trinajstić information content (AvgIpc) is 2.94. The summed E-state index contributed by atoms with van der Waals surface area (Å²) in [4.78, 5) is 4.20. The van der Waals surface area contributed by atoms with Crippen molar-refractivity contribution in [2.24, 2.45) is 0 Å². The van der Waals surface area contributed by atoms with Crippen LogP contribution in [0, 0.1) is 5.82 Å². The Hall–Kier alpha value is -2.41. The van der Waals surface area contributed by atoms with Crippen molar-refractivity contribution in [3.8, 4) is 28.6 Å². The fraction of sp³-hybridized carbons (Fsp3) is 0. The van der Waals surface area contributed by atoms with Gasteiger partial charge in [0, 0.05) is 15.6 Å². The molecule has 0 fully saturated rings. The molecule has 0 bridgehead atoms. The van der Waals surface area contributed by atoms with E-state index in [9.17, 15) is 9.50 Å². The molecule has 0 atom stereocenters. The van der Waals surface area contributed by atoms with Gasteiger partial charge < -0.3 is 15.4 Å². The second-order valence-electron chi connectivity index (χ2n) is 4.32. The summed E-state index contributed by atoms with van der Waals surface area (Å²) < 4.78 is 19.1. The van der Waals surface area contributed by atoms with Gasteiger partial charge in [-0.15, -0.1) is 0 Å². The fourth-order valence-electron chi connectivity index (χ4n) is 1.80. The lowest BCUT2D eigenvalue weighted by atomic mass is 10.2. The molecular weight excluding hydrogens is 341 g/mol. The lowest BCUT2D eigenvalue weighted by molar-refractivity contribution is 0.431. The zero-order chi connectivity index (χ0) is 15.0. The standard InChI is InChI=1S/C14H9BrFN3O2/c15-10-3-2-8(16)6-9(10)13-18-14(21-19-13)7-1-4-11(17)12(20)5-7/h1-6,20H,17H2. The van der Waals surface area contributed by atoms with Crippen LogP contribution in [0.15, 0.2) is 45.4 Å². The Morgan fingerprint density at radius 2 is 2.00 bits per heavy atom. The average molecular weight is 350 g/mol. The molecule has 0 aliphatic heterocycles. The number of aromatic nitrogens is 2. The molecule has 0 amide bonds. The van der Waals surface area contributed by atoms with Crippen molar-refractivity contribution in [2.45, 2.75) is 0 Å². The molecular formula is C14H9BrFN3O2. The Balaban J connectivity index is 2.03. The molecule has 106 valence electrons. The van der Waals surface area contributed by atoms with E-state index in [4.69, 9.17) is 10.3 Å². The summed E-state index contributed by atoms with van der Waals surface area (Å²) in [5.74, 6) is -0.0204. The second-order valence-corrected chi connectivity index (χ2v) is 5.18. The number of nitrogens with two attached hydrogens (primary N) is 1. The van der Waals surface area contributed by atoms with E-state index in [0.717, 1.165) is 0 Å². The highest BCUT2D eigenvalue weighted by atomic mass is 79.9. The number of hydrogen-bond donors (Lipinski definition) is 2. The molecule has 0 saturated heterocycles. The van der Waals surface area contributed by atoms with Gasteiger partial charge in [-0.1, -0.05) is 21.1 Å². The summed E-state index contributed by atoms with van der Waals surface area (Å²) in [5.41, 5.74) is 6.79. The van der Waals surface area contributed by atoms with Crippen molar-refractivity contribution in [3.05, 3.63) is 46.7 Å². The fourth-order valence-corrected chi connectivity index (χ4v) is 2.22. The zero-order valence-electron chi connectivity index (χ0n) is 10.5. The van der Waals surface area contributed by atoms with E-state index in [0.29, 0.717) is 15.6 Å². The maximum absolute atomic E-state index is 13.3. The SMILES string of the molecule is Nc1ccc(-c2nc(-c3cc(F)ccc3Br)no2)cc1O. The van der Waals surface area contributed by atoms with Crippen LogP contribution in [0.2, 0.25) is 0 Å². The number of hydrogen-bond acceptors (Lipinski definition) is 5. The number of phenolic OH excluding ortho intramolecular Hbond substituents is 1. The van der Waals surface area contributed by atoms with Crippen LogP contribution in [0.5, 0.6) is 5.75 Å². The van der Waals surface area contributed by atoms with Crippen molar-refractivity contribution >= 4 is 21.6 Å². The summed E-state index contributed by atoms with van der Waals surface area (Å²) in [7, 11) is 0. The van der Waals surface area contributed by atoms with Gasteiger partial charge in [-0.05, 0) is 36.4 Å². The van der Waals surface area contributed by atoms with Crippen molar-refractivity contribution < 1.29 is 14.0 Å². The Morgan fingerprint density at radius 1 is 1.19 bits per heavy atom. The summed E-state index contributed by atoms with van der Waals surface area (Å²) >= 11 is 3.31. The first-order valence-corrected chi connectivity index (χ1v) is 6.72. The van der Waals surface area contributed by atoms with Crippen molar-refractivity contribution in [1.29, 1.82) is 0 Å². The molecule has 3 N–H and O–H groups in total. The number of nitrogen functional groups attached to an aromatic ring is 1. The lowest BCUT2D eigenvalue weighted by Crippen LogP contribution is -1.87. The largest absolute Gasteiger partial charge is 0.506 e. The van der Waals surface area contributed by atoms with Crippen LogP contribution in [0.1, 0.15) is 0 Å². The van der Waals surface area contributed by atoms with Gasteiger partial charge in [-0.25, -0.2) is 4.39 Å². The van der Waals surface area contributed by atoms with Gasteiger partial charge in [-0.2, -0.15) is 4.98 Å². The predicted molar refractivity (Wildman–Crippen MR) is 78.9 cm³/mol. The first-order valence-electron chi connectivity index (χ1n) is 5.92. The first-order chi connectivity index (χ1) is 10.0.